The van der Waals surface area contributed by atoms with E-state index in [1.165, 1.54) is 16.9 Å². The molecule has 0 aromatic heterocycles. The van der Waals surface area contributed by atoms with E-state index in [-0.39, 0.29) is 0 Å². The molecule has 0 fully saturated rings. The average Bonchev–Trinajstić information content (AvgIpc) is 2.51. The van der Waals surface area contributed by atoms with Crippen LogP contribution in [-0.4, -0.2) is 29.1 Å². The van der Waals surface area contributed by atoms with Crippen LogP contribution in [0.1, 0.15) is 37.3 Å². The maximum Gasteiger partial charge on any atom is 0.119 e. The number of aromatic hydroxyl groups is 1. The Morgan fingerprint density at radius 1 is 1.45 bits per heavy atom. The van der Waals surface area contributed by atoms with Crippen molar-refractivity contribution in [2.75, 3.05) is 13.1 Å². The second-order valence-corrected chi connectivity index (χ2v) is 7.07. The van der Waals surface area contributed by atoms with E-state index < -0.39 is 0 Å². The number of phenols is 1. The van der Waals surface area contributed by atoms with Gasteiger partial charge in [-0.1, -0.05) is 32.2 Å². The van der Waals surface area contributed by atoms with Crippen LogP contribution in [0.2, 0.25) is 0 Å². The maximum atomic E-state index is 9.98. The third kappa shape index (κ3) is 4.40. The summed E-state index contributed by atoms with van der Waals surface area (Å²) in [6.45, 7) is 12.3. The zero-order valence-corrected chi connectivity index (χ0v) is 14.4. The number of phenolic OH excluding ortho intramolecular Hbond substituents is 1. The minimum atomic E-state index is 0.466. The molecule has 0 unspecified atom stereocenters. The van der Waals surface area contributed by atoms with Crippen LogP contribution in [0, 0.1) is 0 Å². The minimum Gasteiger partial charge on any atom is -0.508 e. The van der Waals surface area contributed by atoms with Gasteiger partial charge in [-0.3, -0.25) is 4.90 Å². The Balaban J connectivity index is 2.00. The summed E-state index contributed by atoms with van der Waals surface area (Å²) in [6.07, 6.45) is 5.34. The third-order valence-corrected chi connectivity index (χ3v) is 5.09. The van der Waals surface area contributed by atoms with E-state index in [1.807, 2.05) is 11.5 Å². The Hall–Kier alpha value is -1.19. The molecular formula is C19H27NOS. The highest BCUT2D eigenvalue weighted by Gasteiger charge is 2.25. The fourth-order valence-electron chi connectivity index (χ4n) is 3.29. The van der Waals surface area contributed by atoms with Gasteiger partial charge in [0.15, 0.2) is 0 Å². The van der Waals surface area contributed by atoms with Gasteiger partial charge >= 0.3 is 0 Å². The SMILES string of the molecule is C=CSC(=C)CCN(CCC)[C@H]1CCc2c(O)cccc2C1. The summed E-state index contributed by atoms with van der Waals surface area (Å²) >= 11 is 1.64. The summed E-state index contributed by atoms with van der Waals surface area (Å²) in [4.78, 5) is 3.78. The van der Waals surface area contributed by atoms with Crippen molar-refractivity contribution >= 4 is 11.8 Å². The lowest BCUT2D eigenvalue weighted by atomic mass is 9.86. The smallest absolute Gasteiger partial charge is 0.119 e. The van der Waals surface area contributed by atoms with E-state index in [2.05, 4.69) is 31.0 Å². The first-order valence-corrected chi connectivity index (χ1v) is 9.02. The van der Waals surface area contributed by atoms with Gasteiger partial charge in [-0.25, -0.2) is 0 Å². The molecule has 0 spiro atoms. The lowest BCUT2D eigenvalue weighted by Crippen LogP contribution is -2.40. The van der Waals surface area contributed by atoms with E-state index in [0.29, 0.717) is 11.8 Å². The monoisotopic (exact) mass is 317 g/mol. The van der Waals surface area contributed by atoms with Crippen molar-refractivity contribution in [1.82, 2.24) is 4.90 Å². The van der Waals surface area contributed by atoms with Crippen molar-refractivity contribution in [3.8, 4) is 5.75 Å². The number of hydrogen-bond donors (Lipinski definition) is 1. The molecule has 0 aliphatic heterocycles. The number of nitrogens with zero attached hydrogens (tertiary/aromatic N) is 1. The summed E-state index contributed by atoms with van der Waals surface area (Å²) in [7, 11) is 0. The number of fused-ring (bicyclic) bond motifs is 1. The summed E-state index contributed by atoms with van der Waals surface area (Å²) in [6, 6.07) is 6.51. The molecule has 2 nitrogen and oxygen atoms in total. The van der Waals surface area contributed by atoms with Gasteiger partial charge in [-0.2, -0.15) is 0 Å². The Labute approximate surface area is 138 Å². The molecule has 1 aliphatic carbocycles. The van der Waals surface area contributed by atoms with E-state index in [1.54, 1.807) is 17.8 Å². The van der Waals surface area contributed by atoms with Crippen molar-refractivity contribution in [2.45, 2.75) is 45.1 Å². The highest BCUT2D eigenvalue weighted by molar-refractivity contribution is 8.05. The Morgan fingerprint density at radius 2 is 2.27 bits per heavy atom. The summed E-state index contributed by atoms with van der Waals surface area (Å²) in [5.41, 5.74) is 2.47. The highest BCUT2D eigenvalue weighted by atomic mass is 32.2. The van der Waals surface area contributed by atoms with E-state index in [0.717, 1.165) is 44.3 Å². The van der Waals surface area contributed by atoms with Crippen LogP contribution < -0.4 is 0 Å². The quantitative estimate of drug-likeness (QED) is 0.749. The van der Waals surface area contributed by atoms with Crippen molar-refractivity contribution in [2.24, 2.45) is 0 Å². The van der Waals surface area contributed by atoms with Gasteiger partial charge < -0.3 is 5.11 Å². The molecule has 3 heteroatoms. The van der Waals surface area contributed by atoms with Gasteiger partial charge in [0.05, 0.1) is 0 Å². The first-order valence-electron chi connectivity index (χ1n) is 8.14. The van der Waals surface area contributed by atoms with Crippen LogP contribution in [0.15, 0.2) is 41.7 Å². The van der Waals surface area contributed by atoms with E-state index in [9.17, 15) is 5.11 Å². The van der Waals surface area contributed by atoms with Gasteiger partial charge in [-0.05, 0) is 66.2 Å². The fourth-order valence-corrected chi connectivity index (χ4v) is 3.73. The van der Waals surface area contributed by atoms with Crippen molar-refractivity contribution in [3.63, 3.8) is 0 Å². The fraction of sp³-hybridized carbons (Fsp3) is 0.474. The van der Waals surface area contributed by atoms with Gasteiger partial charge in [-0.15, -0.1) is 11.8 Å². The highest BCUT2D eigenvalue weighted by Crippen LogP contribution is 2.31. The molecule has 22 heavy (non-hydrogen) atoms. The second-order valence-electron chi connectivity index (χ2n) is 5.92. The second kappa shape index (κ2) is 8.44. The van der Waals surface area contributed by atoms with Gasteiger partial charge in [0.2, 0.25) is 0 Å². The van der Waals surface area contributed by atoms with Crippen LogP contribution >= 0.6 is 11.8 Å². The normalized spacial score (nSPS) is 17.3. The van der Waals surface area contributed by atoms with Crippen molar-refractivity contribution in [1.29, 1.82) is 0 Å². The van der Waals surface area contributed by atoms with Gasteiger partial charge in [0.25, 0.3) is 0 Å². The number of rotatable bonds is 8. The van der Waals surface area contributed by atoms with E-state index >= 15 is 0 Å². The molecule has 0 saturated carbocycles. The molecule has 0 amide bonds. The van der Waals surface area contributed by atoms with Gasteiger partial charge in [0, 0.05) is 12.6 Å². The molecular weight excluding hydrogens is 290 g/mol. The Morgan fingerprint density at radius 3 is 3.00 bits per heavy atom. The van der Waals surface area contributed by atoms with Crippen LogP contribution in [-0.2, 0) is 12.8 Å². The first kappa shape index (κ1) is 17.2. The molecule has 1 aliphatic rings. The number of thioether (sulfide) groups is 1. The summed E-state index contributed by atoms with van der Waals surface area (Å²) < 4.78 is 0. The average molecular weight is 317 g/mol. The Kier molecular flexibility index (Phi) is 6.59. The molecule has 0 radical (unpaired) electrons. The Bertz CT molecular complexity index is 526. The van der Waals surface area contributed by atoms with Crippen LogP contribution in [0.5, 0.6) is 5.75 Å². The molecule has 1 atom stereocenters. The molecule has 1 aromatic carbocycles. The standard InChI is InChI=1S/C19H27NOS/c1-4-12-20(13-11-15(3)22-5-2)17-9-10-18-16(14-17)7-6-8-19(18)21/h5-8,17,21H,2-4,9-14H2,1H3/t17-/m0/s1. The van der Waals surface area contributed by atoms with Crippen molar-refractivity contribution in [3.05, 3.63) is 52.8 Å². The van der Waals surface area contributed by atoms with Crippen LogP contribution in [0.4, 0.5) is 0 Å². The van der Waals surface area contributed by atoms with E-state index in [4.69, 9.17) is 0 Å². The molecule has 120 valence electrons. The predicted octanol–water partition coefficient (Wildman–Crippen LogP) is 4.74. The molecule has 1 N–H and O–H groups in total. The van der Waals surface area contributed by atoms with Crippen LogP contribution in [0.3, 0.4) is 0 Å². The first-order chi connectivity index (χ1) is 10.7. The maximum absolute atomic E-state index is 9.98. The molecule has 2 rings (SSSR count). The molecule has 0 heterocycles. The lowest BCUT2D eigenvalue weighted by molar-refractivity contribution is 0.182. The number of hydrogen-bond acceptors (Lipinski definition) is 3. The predicted molar refractivity (Wildman–Crippen MR) is 97.3 cm³/mol. The minimum absolute atomic E-state index is 0.466. The molecule has 0 saturated heterocycles. The molecule has 1 aromatic rings. The summed E-state index contributed by atoms with van der Waals surface area (Å²) in [5.74, 6) is 0.466. The summed E-state index contributed by atoms with van der Waals surface area (Å²) in [5, 5.41) is 11.8. The number of benzene rings is 1. The zero-order valence-electron chi connectivity index (χ0n) is 13.6. The largest absolute Gasteiger partial charge is 0.508 e. The van der Waals surface area contributed by atoms with Gasteiger partial charge in [0.1, 0.15) is 5.75 Å². The lowest BCUT2D eigenvalue weighted by Gasteiger charge is -2.35. The van der Waals surface area contributed by atoms with Crippen LogP contribution in [0.25, 0.3) is 0 Å². The topological polar surface area (TPSA) is 23.5 Å². The third-order valence-electron chi connectivity index (χ3n) is 4.39. The van der Waals surface area contributed by atoms with Crippen molar-refractivity contribution < 1.29 is 5.11 Å². The zero-order chi connectivity index (χ0) is 15.9. The molecule has 0 bridgehead atoms.